The summed E-state index contributed by atoms with van der Waals surface area (Å²) in [4.78, 5) is 33.8. The van der Waals surface area contributed by atoms with Crippen molar-refractivity contribution in [1.82, 2.24) is 20.6 Å². The van der Waals surface area contributed by atoms with Gasteiger partial charge in [0.15, 0.2) is 0 Å². The van der Waals surface area contributed by atoms with Gasteiger partial charge in [-0.25, -0.2) is 4.98 Å². The molecular formula is C24H21Cl2F3N6O3. The van der Waals surface area contributed by atoms with Crippen LogP contribution in [0, 0.1) is 0 Å². The van der Waals surface area contributed by atoms with Crippen molar-refractivity contribution in [3.05, 3.63) is 75.7 Å². The minimum atomic E-state index is -4.63. The van der Waals surface area contributed by atoms with E-state index in [4.69, 9.17) is 33.7 Å². The van der Waals surface area contributed by atoms with Crippen molar-refractivity contribution in [1.29, 1.82) is 0 Å². The normalized spacial score (nSPS) is 17.2. The summed E-state index contributed by atoms with van der Waals surface area (Å²) in [5.74, 6) is -0.786. The number of nitrogens with two attached hydrogens (primary N) is 1. The highest BCUT2D eigenvalue weighted by molar-refractivity contribution is 6.31. The Bertz CT molecular complexity index is 1350. The summed E-state index contributed by atoms with van der Waals surface area (Å²) < 4.78 is 45.5. The van der Waals surface area contributed by atoms with Gasteiger partial charge in [-0.15, -0.1) is 0 Å². The first-order valence-electron chi connectivity index (χ1n) is 11.2. The molecule has 0 bridgehead atoms. The Morgan fingerprint density at radius 1 is 1.11 bits per heavy atom. The zero-order valence-corrected chi connectivity index (χ0v) is 21.0. The molecule has 1 aliphatic rings. The van der Waals surface area contributed by atoms with Crippen molar-refractivity contribution in [2.75, 3.05) is 24.3 Å². The first kappa shape index (κ1) is 27.4. The summed E-state index contributed by atoms with van der Waals surface area (Å²) in [6.07, 6.45) is -1.81. The molecule has 1 unspecified atom stereocenters. The molecule has 0 saturated carbocycles. The first-order chi connectivity index (χ1) is 18.0. The molecule has 1 atom stereocenters. The molecule has 1 fully saturated rings. The first-order valence-corrected chi connectivity index (χ1v) is 11.9. The molecule has 9 nitrogen and oxygen atoms in total. The minimum absolute atomic E-state index is 0.0420. The molecule has 3 aromatic rings. The van der Waals surface area contributed by atoms with E-state index in [1.54, 1.807) is 0 Å². The Morgan fingerprint density at radius 2 is 1.89 bits per heavy atom. The van der Waals surface area contributed by atoms with Crippen LogP contribution in [0.25, 0.3) is 0 Å². The predicted octanol–water partition coefficient (Wildman–Crippen LogP) is 4.33. The van der Waals surface area contributed by atoms with Crippen LogP contribution in [-0.2, 0) is 22.3 Å². The summed E-state index contributed by atoms with van der Waals surface area (Å²) in [5, 5.41) is 8.09. The SMILES string of the molecule is Nc1ccc(C(=O)NC2(C(=O)NCc3ncc(Nc4ccc(Cl)cc4C(F)(F)F)cc3Cl)CCOC2)cn1. The second-order valence-corrected chi connectivity index (χ2v) is 9.30. The van der Waals surface area contributed by atoms with Gasteiger partial charge < -0.3 is 26.4 Å². The molecule has 0 aliphatic carbocycles. The van der Waals surface area contributed by atoms with Crippen LogP contribution in [0.3, 0.4) is 0 Å². The van der Waals surface area contributed by atoms with Crippen molar-refractivity contribution < 1.29 is 27.5 Å². The van der Waals surface area contributed by atoms with Gasteiger partial charge in [0.25, 0.3) is 5.91 Å². The van der Waals surface area contributed by atoms with Crippen molar-refractivity contribution in [3.63, 3.8) is 0 Å². The van der Waals surface area contributed by atoms with Crippen LogP contribution in [0.1, 0.15) is 28.0 Å². The molecule has 0 spiro atoms. The summed E-state index contributed by atoms with van der Waals surface area (Å²) in [5.41, 5.74) is 3.74. The van der Waals surface area contributed by atoms with Crippen LogP contribution >= 0.6 is 23.2 Å². The van der Waals surface area contributed by atoms with Gasteiger partial charge in [-0.1, -0.05) is 23.2 Å². The number of halogens is 5. The number of ether oxygens (including phenoxy) is 1. The topological polar surface area (TPSA) is 131 Å². The highest BCUT2D eigenvalue weighted by atomic mass is 35.5. The van der Waals surface area contributed by atoms with Gasteiger partial charge in [0.1, 0.15) is 11.4 Å². The second-order valence-electron chi connectivity index (χ2n) is 8.46. The molecule has 38 heavy (non-hydrogen) atoms. The molecular weight excluding hydrogens is 548 g/mol. The lowest BCUT2D eigenvalue weighted by molar-refractivity contribution is -0.137. The lowest BCUT2D eigenvalue weighted by Gasteiger charge is -2.27. The van der Waals surface area contributed by atoms with Gasteiger partial charge in [-0.2, -0.15) is 13.2 Å². The quantitative estimate of drug-likeness (QED) is 0.333. The van der Waals surface area contributed by atoms with E-state index in [1.807, 2.05) is 0 Å². The molecule has 2 amide bonds. The van der Waals surface area contributed by atoms with E-state index in [2.05, 4.69) is 25.9 Å². The number of alkyl halides is 3. The Hall–Kier alpha value is -3.61. The lowest BCUT2D eigenvalue weighted by Crippen LogP contribution is -2.59. The maximum Gasteiger partial charge on any atom is 0.418 e. The fourth-order valence-corrected chi connectivity index (χ4v) is 4.15. The molecule has 1 aromatic carbocycles. The summed E-state index contributed by atoms with van der Waals surface area (Å²) >= 11 is 12.0. The van der Waals surface area contributed by atoms with Crippen LogP contribution in [0.5, 0.6) is 0 Å². The van der Waals surface area contributed by atoms with Crippen molar-refractivity contribution in [2.45, 2.75) is 24.7 Å². The largest absolute Gasteiger partial charge is 0.418 e. The highest BCUT2D eigenvalue weighted by Crippen LogP contribution is 2.38. The smallest absolute Gasteiger partial charge is 0.384 e. The van der Waals surface area contributed by atoms with Gasteiger partial charge in [-0.05, 0) is 36.4 Å². The third-order valence-electron chi connectivity index (χ3n) is 5.76. The number of carbonyl (C=O) groups is 2. The average Bonchev–Trinajstić information content (AvgIpc) is 3.34. The Balaban J connectivity index is 1.44. The maximum atomic E-state index is 13.4. The van der Waals surface area contributed by atoms with Crippen molar-refractivity contribution >= 4 is 52.2 Å². The Kier molecular flexibility index (Phi) is 7.95. The fourth-order valence-electron chi connectivity index (χ4n) is 3.74. The monoisotopic (exact) mass is 568 g/mol. The zero-order chi connectivity index (χ0) is 27.5. The minimum Gasteiger partial charge on any atom is -0.384 e. The van der Waals surface area contributed by atoms with Crippen molar-refractivity contribution in [2.24, 2.45) is 0 Å². The number of hydrogen-bond donors (Lipinski definition) is 4. The molecule has 2 aromatic heterocycles. The summed E-state index contributed by atoms with van der Waals surface area (Å²) in [7, 11) is 0. The van der Waals surface area contributed by atoms with Crippen LogP contribution in [0.2, 0.25) is 10.0 Å². The molecule has 1 aliphatic heterocycles. The van der Waals surface area contributed by atoms with E-state index >= 15 is 0 Å². The lowest BCUT2D eigenvalue weighted by atomic mass is 9.96. The number of amides is 2. The van der Waals surface area contributed by atoms with Crippen LogP contribution in [0.4, 0.5) is 30.4 Å². The van der Waals surface area contributed by atoms with Crippen LogP contribution < -0.4 is 21.7 Å². The van der Waals surface area contributed by atoms with E-state index < -0.39 is 29.1 Å². The number of hydrogen-bond acceptors (Lipinski definition) is 7. The van der Waals surface area contributed by atoms with Gasteiger partial charge in [0.2, 0.25) is 5.91 Å². The number of pyridine rings is 2. The van der Waals surface area contributed by atoms with E-state index in [0.717, 1.165) is 6.07 Å². The van der Waals surface area contributed by atoms with E-state index in [1.165, 1.54) is 42.7 Å². The number of nitrogens with one attached hydrogen (secondary N) is 3. The molecule has 14 heteroatoms. The standard InChI is InChI=1S/C24H21Cl2F3N6O3/c25-14-2-3-18(16(7-14)24(27,28)29)34-15-8-17(26)19(31-10-15)11-33-22(37)23(5-6-38-12-23)35-21(36)13-1-4-20(30)32-9-13/h1-4,7-10,34H,5-6,11-12H2,(H2,30,32)(H,33,37)(H,35,36). The van der Waals surface area contributed by atoms with Crippen molar-refractivity contribution in [3.8, 4) is 0 Å². The third-order valence-corrected chi connectivity index (χ3v) is 6.32. The number of nitrogens with zero attached hydrogens (tertiary/aromatic N) is 2. The van der Waals surface area contributed by atoms with Crippen LogP contribution in [-0.4, -0.2) is 40.5 Å². The maximum absolute atomic E-state index is 13.4. The molecule has 0 radical (unpaired) electrons. The van der Waals surface area contributed by atoms with Gasteiger partial charge in [0.05, 0.1) is 52.6 Å². The third kappa shape index (κ3) is 6.26. The number of aromatic nitrogens is 2. The highest BCUT2D eigenvalue weighted by Gasteiger charge is 2.44. The molecule has 1 saturated heterocycles. The Labute approximate surface area is 224 Å². The Morgan fingerprint density at radius 3 is 2.53 bits per heavy atom. The zero-order valence-electron chi connectivity index (χ0n) is 19.5. The van der Waals surface area contributed by atoms with Gasteiger partial charge >= 0.3 is 6.18 Å². The van der Waals surface area contributed by atoms with E-state index in [0.29, 0.717) is 0 Å². The fraction of sp³-hybridized carbons (Fsp3) is 0.250. The average molecular weight is 569 g/mol. The number of carbonyl (C=O) groups excluding carboxylic acids is 2. The second kappa shape index (κ2) is 11.0. The molecule has 200 valence electrons. The number of rotatable bonds is 7. The summed E-state index contributed by atoms with van der Waals surface area (Å²) in [6, 6.07) is 7.67. The van der Waals surface area contributed by atoms with Gasteiger partial charge in [-0.3, -0.25) is 14.6 Å². The molecule has 5 N–H and O–H groups in total. The number of benzene rings is 1. The molecule has 3 heterocycles. The molecule has 4 rings (SSSR count). The van der Waals surface area contributed by atoms with Crippen LogP contribution in [0.15, 0.2) is 48.8 Å². The van der Waals surface area contributed by atoms with E-state index in [9.17, 15) is 22.8 Å². The number of nitrogen functional groups attached to an aromatic ring is 1. The van der Waals surface area contributed by atoms with Gasteiger partial charge in [0, 0.05) is 24.2 Å². The van der Waals surface area contributed by atoms with E-state index in [-0.39, 0.29) is 64.7 Å². The predicted molar refractivity (Wildman–Crippen MR) is 135 cm³/mol. The number of anilines is 3. The summed E-state index contributed by atoms with van der Waals surface area (Å²) in [6.45, 7) is 0.116.